The van der Waals surface area contributed by atoms with E-state index in [2.05, 4.69) is 0 Å². The van der Waals surface area contributed by atoms with Gasteiger partial charge >= 0.3 is 17.9 Å². The highest BCUT2D eigenvalue weighted by molar-refractivity contribution is 6.06. The fourth-order valence-corrected chi connectivity index (χ4v) is 1.53. The first-order chi connectivity index (χ1) is 7.78. The Hall–Kier alpha value is -1.63. The van der Waals surface area contributed by atoms with Crippen molar-refractivity contribution < 1.29 is 29.7 Å². The molecule has 0 fully saturated rings. The van der Waals surface area contributed by atoms with E-state index in [1.54, 1.807) is 0 Å². The fourth-order valence-electron chi connectivity index (χ4n) is 1.53. The Kier molecular flexibility index (Phi) is 5.60. The highest BCUT2D eigenvalue weighted by Crippen LogP contribution is 2.23. The number of unbranched alkanes of at least 4 members (excludes halogenated alkanes) is 2. The molecule has 5 N–H and O–H groups in total. The average molecular weight is 247 g/mol. The summed E-state index contributed by atoms with van der Waals surface area (Å²) >= 11 is 0. The molecule has 0 aromatic rings. The quantitative estimate of drug-likeness (QED) is 0.353. The average Bonchev–Trinajstić information content (AvgIpc) is 2.22. The smallest absolute Gasteiger partial charge is 0.336 e. The molecular formula is C10H17NO6. The molecule has 7 nitrogen and oxygen atoms in total. The number of rotatable bonds is 8. The zero-order chi connectivity index (χ0) is 13.6. The lowest BCUT2D eigenvalue weighted by atomic mass is 9.81. The monoisotopic (exact) mass is 247 g/mol. The van der Waals surface area contributed by atoms with Crippen molar-refractivity contribution in [2.24, 2.45) is 11.7 Å². The predicted molar refractivity (Wildman–Crippen MR) is 57.5 cm³/mol. The summed E-state index contributed by atoms with van der Waals surface area (Å²) in [6.45, 7) is 1.89. The van der Waals surface area contributed by atoms with Gasteiger partial charge in [-0.2, -0.15) is 0 Å². The number of nitrogens with two attached hydrogens (primary N) is 1. The van der Waals surface area contributed by atoms with Crippen LogP contribution >= 0.6 is 0 Å². The number of carboxylic acids is 3. The normalized spacial score (nSPS) is 13.1. The minimum Gasteiger partial charge on any atom is -0.481 e. The molecule has 1 atom stereocenters. The molecule has 0 radical (unpaired) electrons. The van der Waals surface area contributed by atoms with Gasteiger partial charge in [-0.15, -0.1) is 0 Å². The first-order valence-corrected chi connectivity index (χ1v) is 5.26. The number of carboxylic acid groups (broad SMARTS) is 3. The Balaban J connectivity index is 5.05. The SMILES string of the molecule is CCCCCC(C(=O)O)C(N)(C(=O)O)C(=O)O. The third kappa shape index (κ3) is 3.42. The second-order valence-electron chi connectivity index (χ2n) is 3.87. The van der Waals surface area contributed by atoms with Gasteiger partial charge in [-0.3, -0.25) is 4.79 Å². The summed E-state index contributed by atoms with van der Waals surface area (Å²) in [5.41, 5.74) is 2.45. The lowest BCUT2D eigenvalue weighted by Gasteiger charge is -2.26. The number of carbonyl (C=O) groups is 3. The largest absolute Gasteiger partial charge is 0.481 e. The summed E-state index contributed by atoms with van der Waals surface area (Å²) in [4.78, 5) is 32.7. The molecule has 0 aliphatic carbocycles. The van der Waals surface area contributed by atoms with Crippen molar-refractivity contribution in [2.75, 3.05) is 0 Å². The van der Waals surface area contributed by atoms with E-state index in [-0.39, 0.29) is 6.42 Å². The first-order valence-electron chi connectivity index (χ1n) is 5.26. The van der Waals surface area contributed by atoms with Gasteiger partial charge in [0.05, 0.1) is 5.92 Å². The molecular weight excluding hydrogens is 230 g/mol. The Morgan fingerprint density at radius 3 is 1.88 bits per heavy atom. The number of aliphatic carboxylic acids is 3. The summed E-state index contributed by atoms with van der Waals surface area (Å²) in [6, 6.07) is 0. The van der Waals surface area contributed by atoms with Gasteiger partial charge in [-0.1, -0.05) is 26.2 Å². The van der Waals surface area contributed by atoms with Crippen LogP contribution in [0.1, 0.15) is 32.6 Å². The Morgan fingerprint density at radius 2 is 1.59 bits per heavy atom. The Bertz CT molecular complexity index is 300. The van der Waals surface area contributed by atoms with Gasteiger partial charge < -0.3 is 21.1 Å². The van der Waals surface area contributed by atoms with E-state index < -0.39 is 29.4 Å². The Labute approximate surface area is 98.2 Å². The molecule has 0 spiro atoms. The summed E-state index contributed by atoms with van der Waals surface area (Å²) in [5, 5.41) is 26.5. The lowest BCUT2D eigenvalue weighted by Crippen LogP contribution is -2.62. The molecule has 98 valence electrons. The highest BCUT2D eigenvalue weighted by atomic mass is 16.4. The molecule has 0 saturated carbocycles. The second-order valence-corrected chi connectivity index (χ2v) is 3.87. The lowest BCUT2D eigenvalue weighted by molar-refractivity contribution is -0.167. The molecule has 1 unspecified atom stereocenters. The van der Waals surface area contributed by atoms with Crippen LogP contribution in [-0.4, -0.2) is 38.8 Å². The van der Waals surface area contributed by atoms with E-state index >= 15 is 0 Å². The van der Waals surface area contributed by atoms with Crippen LogP contribution in [0.15, 0.2) is 0 Å². The topological polar surface area (TPSA) is 138 Å². The van der Waals surface area contributed by atoms with Crippen molar-refractivity contribution in [1.82, 2.24) is 0 Å². The minimum absolute atomic E-state index is 0.0712. The van der Waals surface area contributed by atoms with Crippen LogP contribution < -0.4 is 5.73 Å². The van der Waals surface area contributed by atoms with Crippen molar-refractivity contribution >= 4 is 17.9 Å². The van der Waals surface area contributed by atoms with Gasteiger partial charge in [0.15, 0.2) is 0 Å². The zero-order valence-electron chi connectivity index (χ0n) is 9.55. The molecule has 0 aromatic carbocycles. The maximum atomic E-state index is 10.9. The standard InChI is InChI=1S/C10H17NO6/c1-2-3-4-5-6(7(12)13)10(11,8(14)15)9(16)17/h6H,2-5,11H2,1H3,(H,12,13)(H,14,15)(H,16,17). The van der Waals surface area contributed by atoms with Crippen molar-refractivity contribution in [1.29, 1.82) is 0 Å². The van der Waals surface area contributed by atoms with Gasteiger partial charge in [0, 0.05) is 0 Å². The maximum Gasteiger partial charge on any atom is 0.336 e. The Morgan fingerprint density at radius 1 is 1.12 bits per heavy atom. The van der Waals surface area contributed by atoms with Gasteiger partial charge in [-0.05, 0) is 6.42 Å². The molecule has 0 heterocycles. The van der Waals surface area contributed by atoms with Crippen molar-refractivity contribution in [3.05, 3.63) is 0 Å². The van der Waals surface area contributed by atoms with E-state index in [0.29, 0.717) is 12.8 Å². The van der Waals surface area contributed by atoms with E-state index in [9.17, 15) is 14.4 Å². The molecule has 7 heteroatoms. The molecule has 0 bridgehead atoms. The van der Waals surface area contributed by atoms with Crippen LogP contribution in [0.2, 0.25) is 0 Å². The summed E-state index contributed by atoms with van der Waals surface area (Å²) in [7, 11) is 0. The number of hydrogen-bond donors (Lipinski definition) is 4. The highest BCUT2D eigenvalue weighted by Gasteiger charge is 2.52. The van der Waals surface area contributed by atoms with Crippen LogP contribution in [0, 0.1) is 5.92 Å². The van der Waals surface area contributed by atoms with Gasteiger partial charge in [0.2, 0.25) is 5.54 Å². The molecule has 0 amide bonds. The van der Waals surface area contributed by atoms with E-state index in [4.69, 9.17) is 21.1 Å². The summed E-state index contributed by atoms with van der Waals surface area (Å²) in [5.74, 6) is -6.82. The van der Waals surface area contributed by atoms with Crippen LogP contribution in [0.4, 0.5) is 0 Å². The van der Waals surface area contributed by atoms with Crippen LogP contribution in [0.3, 0.4) is 0 Å². The molecule has 0 aromatic heterocycles. The fraction of sp³-hybridized carbons (Fsp3) is 0.700. The molecule has 0 aliphatic heterocycles. The predicted octanol–water partition coefficient (Wildman–Crippen LogP) is 0.134. The summed E-state index contributed by atoms with van der Waals surface area (Å²) in [6.07, 6.45) is 1.86. The molecule has 0 rings (SSSR count). The van der Waals surface area contributed by atoms with Crippen molar-refractivity contribution in [2.45, 2.75) is 38.1 Å². The van der Waals surface area contributed by atoms with E-state index in [0.717, 1.165) is 6.42 Å². The van der Waals surface area contributed by atoms with Crippen molar-refractivity contribution in [3.63, 3.8) is 0 Å². The van der Waals surface area contributed by atoms with Crippen LogP contribution in [-0.2, 0) is 14.4 Å². The van der Waals surface area contributed by atoms with E-state index in [1.807, 2.05) is 6.92 Å². The number of hydrogen-bond acceptors (Lipinski definition) is 4. The third-order valence-corrected chi connectivity index (χ3v) is 2.65. The second kappa shape index (κ2) is 6.19. The van der Waals surface area contributed by atoms with E-state index in [1.165, 1.54) is 0 Å². The van der Waals surface area contributed by atoms with Gasteiger partial charge in [0.1, 0.15) is 0 Å². The van der Waals surface area contributed by atoms with Gasteiger partial charge in [0.25, 0.3) is 0 Å². The third-order valence-electron chi connectivity index (χ3n) is 2.65. The first kappa shape index (κ1) is 15.4. The van der Waals surface area contributed by atoms with Crippen molar-refractivity contribution in [3.8, 4) is 0 Å². The zero-order valence-corrected chi connectivity index (χ0v) is 9.55. The summed E-state index contributed by atoms with van der Waals surface area (Å²) < 4.78 is 0. The maximum absolute atomic E-state index is 10.9. The van der Waals surface area contributed by atoms with Crippen LogP contribution in [0.5, 0.6) is 0 Å². The van der Waals surface area contributed by atoms with Crippen LogP contribution in [0.25, 0.3) is 0 Å². The minimum atomic E-state index is -2.78. The molecule has 17 heavy (non-hydrogen) atoms. The molecule has 0 aliphatic rings. The molecule has 0 saturated heterocycles. The van der Waals surface area contributed by atoms with Gasteiger partial charge in [-0.25, -0.2) is 9.59 Å².